The summed E-state index contributed by atoms with van der Waals surface area (Å²) in [6.45, 7) is 2.19. The Hall–Kier alpha value is -4.05. The van der Waals surface area contributed by atoms with Crippen LogP contribution in [0.1, 0.15) is 39.3 Å². The molecule has 3 N–H and O–H groups in total. The number of benzene rings is 2. The van der Waals surface area contributed by atoms with Gasteiger partial charge < -0.3 is 20.7 Å². The van der Waals surface area contributed by atoms with Gasteiger partial charge in [-0.2, -0.15) is 0 Å². The van der Waals surface area contributed by atoms with Crippen LogP contribution >= 0.6 is 11.3 Å². The van der Waals surface area contributed by atoms with E-state index in [-0.39, 0.29) is 11.3 Å². The number of carbonyl (C=O) groups is 1. The number of para-hydroxylation sites is 2. The number of carbonyl (C=O) groups excluding carboxylic acids is 1. The fourth-order valence-corrected chi connectivity index (χ4v) is 6.47. The fraction of sp³-hybridized carbons (Fsp3) is 0.258. The molecule has 1 aliphatic heterocycles. The number of fused-ring (bicyclic) bond motifs is 1. The third kappa shape index (κ3) is 4.99. The van der Waals surface area contributed by atoms with E-state index in [0.717, 1.165) is 47.0 Å². The number of rotatable bonds is 7. The van der Waals surface area contributed by atoms with Crippen molar-refractivity contribution in [2.45, 2.75) is 24.8 Å². The van der Waals surface area contributed by atoms with Crippen molar-refractivity contribution in [2.75, 3.05) is 38.4 Å². The molecule has 0 radical (unpaired) electrons. The minimum atomic E-state index is -0.278. The van der Waals surface area contributed by atoms with Gasteiger partial charge in [-0.15, -0.1) is 11.3 Å². The number of imidazole rings is 1. The zero-order valence-electron chi connectivity index (χ0n) is 22.6. The topological polar surface area (TPSA) is 97.8 Å². The molecule has 5 aromatic rings. The Labute approximate surface area is 237 Å². The molecule has 3 aromatic heterocycles. The number of nitrogen functional groups attached to an aromatic ring is 1. The molecule has 2 aromatic carbocycles. The Morgan fingerprint density at radius 1 is 1.12 bits per heavy atom. The lowest BCUT2D eigenvalue weighted by Crippen LogP contribution is -2.35. The predicted molar refractivity (Wildman–Crippen MR) is 160 cm³/mol. The van der Waals surface area contributed by atoms with Crippen LogP contribution in [0.3, 0.4) is 0 Å². The third-order valence-electron chi connectivity index (χ3n) is 7.51. The Balaban J connectivity index is 1.29. The smallest absolute Gasteiger partial charge is 0.255 e. The maximum Gasteiger partial charge on any atom is 0.255 e. The van der Waals surface area contributed by atoms with E-state index in [1.807, 2.05) is 30.5 Å². The van der Waals surface area contributed by atoms with Crippen molar-refractivity contribution in [1.29, 1.82) is 0 Å². The second-order valence-corrected chi connectivity index (χ2v) is 11.4. The molecule has 0 saturated carbocycles. The van der Waals surface area contributed by atoms with Crippen LogP contribution in [-0.2, 0) is 16.7 Å². The van der Waals surface area contributed by atoms with Crippen molar-refractivity contribution < 1.29 is 9.53 Å². The van der Waals surface area contributed by atoms with Crippen LogP contribution in [0.4, 0.5) is 11.4 Å². The molecule has 9 heteroatoms. The molecule has 204 valence electrons. The average molecular weight is 553 g/mol. The molecule has 1 saturated heterocycles. The van der Waals surface area contributed by atoms with Crippen LogP contribution in [0.2, 0.25) is 0 Å². The van der Waals surface area contributed by atoms with Crippen molar-refractivity contribution in [2.24, 2.45) is 0 Å². The van der Waals surface area contributed by atoms with Crippen LogP contribution in [0.5, 0.6) is 0 Å². The lowest BCUT2D eigenvalue weighted by atomic mass is 9.74. The van der Waals surface area contributed by atoms with Crippen LogP contribution in [-0.4, -0.2) is 52.5 Å². The van der Waals surface area contributed by atoms with Gasteiger partial charge in [0.25, 0.3) is 5.91 Å². The van der Waals surface area contributed by atoms with Crippen LogP contribution in [0.15, 0.2) is 78.4 Å². The van der Waals surface area contributed by atoms with Gasteiger partial charge in [0.1, 0.15) is 10.7 Å². The lowest BCUT2D eigenvalue weighted by molar-refractivity contribution is 0.0630. The van der Waals surface area contributed by atoms with Crippen LogP contribution in [0, 0.1) is 0 Å². The van der Waals surface area contributed by atoms with Gasteiger partial charge in [0.05, 0.1) is 34.4 Å². The van der Waals surface area contributed by atoms with Gasteiger partial charge in [0.15, 0.2) is 0 Å². The number of anilines is 2. The summed E-state index contributed by atoms with van der Waals surface area (Å²) >= 11 is 1.67. The summed E-state index contributed by atoms with van der Waals surface area (Å²) in [5.41, 5.74) is 12.6. The van der Waals surface area contributed by atoms with E-state index in [4.69, 9.17) is 15.5 Å². The predicted octanol–water partition coefficient (Wildman–Crippen LogP) is 5.45. The van der Waals surface area contributed by atoms with Crippen LogP contribution < -0.4 is 11.1 Å². The summed E-state index contributed by atoms with van der Waals surface area (Å²) < 4.78 is 7.86. The van der Waals surface area contributed by atoms with Crippen LogP contribution in [0.25, 0.3) is 17.0 Å². The molecule has 8 nitrogen and oxygen atoms in total. The van der Waals surface area contributed by atoms with Gasteiger partial charge >= 0.3 is 0 Å². The van der Waals surface area contributed by atoms with Crippen molar-refractivity contribution in [1.82, 2.24) is 19.3 Å². The number of ether oxygens (including phenoxy) is 1. The van der Waals surface area contributed by atoms with E-state index in [0.29, 0.717) is 30.2 Å². The number of nitrogens with one attached hydrogen (secondary N) is 1. The van der Waals surface area contributed by atoms with Gasteiger partial charge in [-0.05, 0) is 74.5 Å². The van der Waals surface area contributed by atoms with E-state index >= 15 is 0 Å². The highest BCUT2D eigenvalue weighted by Gasteiger charge is 2.39. The average Bonchev–Trinajstić information content (AvgIpc) is 3.62. The monoisotopic (exact) mass is 552 g/mol. The summed E-state index contributed by atoms with van der Waals surface area (Å²) in [4.78, 5) is 24.9. The minimum absolute atomic E-state index is 0.191. The molecule has 0 bridgehead atoms. The lowest BCUT2D eigenvalue weighted by Gasteiger charge is -2.36. The number of nitrogens with zero attached hydrogens (tertiary/aromatic N) is 4. The fourth-order valence-electron chi connectivity index (χ4n) is 5.38. The first kappa shape index (κ1) is 26.2. The minimum Gasteiger partial charge on any atom is -0.397 e. The highest BCUT2D eigenvalue weighted by molar-refractivity contribution is 7.10. The SMILES string of the molecule is CN(C)Cc1ccn2c(-c3csc(C4(c5ccc(C(=O)Nc6ccccc6N)cc5)CCOCC4)n3)cnc2c1. The molecule has 4 heterocycles. The zero-order chi connectivity index (χ0) is 27.7. The van der Waals surface area contributed by atoms with Gasteiger partial charge in [-0.3, -0.25) is 9.20 Å². The molecule has 0 aliphatic carbocycles. The number of nitrogens with two attached hydrogens (primary N) is 1. The molecule has 0 spiro atoms. The van der Waals surface area contributed by atoms with E-state index in [1.54, 1.807) is 23.5 Å². The van der Waals surface area contributed by atoms with E-state index in [2.05, 4.69) is 69.5 Å². The summed E-state index contributed by atoms with van der Waals surface area (Å²) in [6.07, 6.45) is 5.63. The quantitative estimate of drug-likeness (QED) is 0.261. The maximum absolute atomic E-state index is 12.9. The number of pyridine rings is 1. The van der Waals surface area contributed by atoms with Gasteiger partial charge in [-0.1, -0.05) is 24.3 Å². The number of hydrogen-bond donors (Lipinski definition) is 2. The largest absolute Gasteiger partial charge is 0.397 e. The van der Waals surface area contributed by atoms with E-state index < -0.39 is 0 Å². The highest BCUT2D eigenvalue weighted by atomic mass is 32.1. The molecular formula is C31H32N6O2S. The molecule has 6 rings (SSSR count). The summed E-state index contributed by atoms with van der Waals surface area (Å²) in [5, 5.41) is 6.08. The number of thiazole rings is 1. The molecular weight excluding hydrogens is 520 g/mol. The number of amides is 1. The van der Waals surface area contributed by atoms with Crippen molar-refractivity contribution in [3.63, 3.8) is 0 Å². The molecule has 1 amide bonds. The standard InChI is InChI=1S/C31H32N6O2S/c1-36(2)19-21-11-14-37-27(18-33-28(37)17-21)26-20-40-30(35-26)31(12-15-39-16-13-31)23-9-7-22(8-10-23)29(38)34-25-6-4-3-5-24(25)32/h3-11,14,17-18,20H,12-13,15-16,19,32H2,1-2H3,(H,34,38). The third-order valence-corrected chi connectivity index (χ3v) is 8.55. The Bertz CT molecular complexity index is 1650. The first-order chi connectivity index (χ1) is 19.4. The highest BCUT2D eigenvalue weighted by Crippen LogP contribution is 2.43. The molecule has 0 atom stereocenters. The summed E-state index contributed by atoms with van der Waals surface area (Å²) in [5.74, 6) is -0.191. The second kappa shape index (κ2) is 10.8. The first-order valence-electron chi connectivity index (χ1n) is 13.3. The van der Waals surface area contributed by atoms with Gasteiger partial charge in [-0.25, -0.2) is 9.97 Å². The van der Waals surface area contributed by atoms with Crippen molar-refractivity contribution in [3.8, 4) is 11.4 Å². The Kier molecular flexibility index (Phi) is 7.10. The summed E-state index contributed by atoms with van der Waals surface area (Å²) in [7, 11) is 4.13. The first-order valence-corrected chi connectivity index (χ1v) is 14.2. The molecule has 1 fully saturated rings. The molecule has 0 unspecified atom stereocenters. The second-order valence-electron chi connectivity index (χ2n) is 10.5. The normalized spacial score (nSPS) is 15.0. The van der Waals surface area contributed by atoms with Crippen molar-refractivity contribution >= 4 is 34.3 Å². The molecule has 40 heavy (non-hydrogen) atoms. The summed E-state index contributed by atoms with van der Waals surface area (Å²) in [6, 6.07) is 19.4. The van der Waals surface area contributed by atoms with Crippen molar-refractivity contribution in [3.05, 3.63) is 100 Å². The Morgan fingerprint density at radius 3 is 2.65 bits per heavy atom. The van der Waals surface area contributed by atoms with Gasteiger partial charge in [0.2, 0.25) is 0 Å². The number of aromatic nitrogens is 3. The van der Waals surface area contributed by atoms with Gasteiger partial charge in [0, 0.05) is 36.9 Å². The molecule has 1 aliphatic rings. The zero-order valence-corrected chi connectivity index (χ0v) is 23.4. The van der Waals surface area contributed by atoms with E-state index in [1.165, 1.54) is 5.56 Å². The van der Waals surface area contributed by atoms with E-state index in [9.17, 15) is 4.79 Å². The number of hydrogen-bond acceptors (Lipinski definition) is 7. The maximum atomic E-state index is 12.9. The Morgan fingerprint density at radius 2 is 1.90 bits per heavy atom.